The summed E-state index contributed by atoms with van der Waals surface area (Å²) in [5.74, 6) is 2.83. The minimum atomic E-state index is 0.0173. The summed E-state index contributed by atoms with van der Waals surface area (Å²) in [6, 6.07) is 7.59. The summed E-state index contributed by atoms with van der Waals surface area (Å²) in [6.45, 7) is 2.20. The fraction of sp³-hybridized carbons (Fsp3) is 0.435. The first-order chi connectivity index (χ1) is 14.7. The van der Waals surface area contributed by atoms with Crippen molar-refractivity contribution in [1.82, 2.24) is 24.4 Å². The minimum Gasteiger partial charge on any atom is -0.342 e. The highest BCUT2D eigenvalue weighted by atomic mass is 16.2. The third-order valence-corrected chi connectivity index (χ3v) is 6.86. The molecule has 2 atom stereocenters. The van der Waals surface area contributed by atoms with E-state index in [0.717, 1.165) is 60.6 Å². The Hall–Kier alpha value is -3.09. The van der Waals surface area contributed by atoms with Gasteiger partial charge in [0.1, 0.15) is 11.6 Å². The predicted molar refractivity (Wildman–Crippen MR) is 110 cm³/mol. The summed E-state index contributed by atoms with van der Waals surface area (Å²) >= 11 is 0. The number of hydrogen-bond acceptors (Lipinski definition) is 5. The molecule has 1 aromatic carbocycles. The van der Waals surface area contributed by atoms with Crippen molar-refractivity contribution in [3.63, 3.8) is 0 Å². The van der Waals surface area contributed by atoms with Gasteiger partial charge in [-0.1, -0.05) is 6.07 Å². The molecule has 2 aliphatic heterocycles. The van der Waals surface area contributed by atoms with E-state index in [2.05, 4.69) is 14.5 Å². The molecule has 0 N–H and O–H groups in total. The molecule has 1 saturated heterocycles. The number of imidazole rings is 1. The number of carbonyl (C=O) groups is 2. The summed E-state index contributed by atoms with van der Waals surface area (Å²) in [7, 11) is 0. The van der Waals surface area contributed by atoms with Crippen LogP contribution in [0, 0.1) is 5.92 Å². The van der Waals surface area contributed by atoms with E-state index in [1.807, 2.05) is 29.2 Å². The highest BCUT2D eigenvalue weighted by Gasteiger charge is 2.49. The number of rotatable bonds is 3. The van der Waals surface area contributed by atoms with E-state index in [4.69, 9.17) is 4.98 Å². The van der Waals surface area contributed by atoms with Gasteiger partial charge in [-0.15, -0.1) is 0 Å². The van der Waals surface area contributed by atoms with Gasteiger partial charge in [-0.05, 0) is 37.5 Å². The second-order valence-corrected chi connectivity index (χ2v) is 8.62. The lowest BCUT2D eigenvalue weighted by molar-refractivity contribution is -0.133. The van der Waals surface area contributed by atoms with Crippen LogP contribution in [0.4, 0.5) is 0 Å². The van der Waals surface area contributed by atoms with Crippen LogP contribution in [-0.4, -0.2) is 49.2 Å². The van der Waals surface area contributed by atoms with Gasteiger partial charge >= 0.3 is 0 Å². The monoisotopic (exact) mass is 401 g/mol. The largest absolute Gasteiger partial charge is 0.342 e. The van der Waals surface area contributed by atoms with Crippen molar-refractivity contribution >= 4 is 22.7 Å². The number of aromatic nitrogens is 4. The van der Waals surface area contributed by atoms with Crippen molar-refractivity contribution < 1.29 is 9.59 Å². The summed E-state index contributed by atoms with van der Waals surface area (Å²) in [5.41, 5.74) is 2.59. The van der Waals surface area contributed by atoms with E-state index in [9.17, 15) is 9.59 Å². The van der Waals surface area contributed by atoms with Crippen LogP contribution in [0.5, 0.6) is 0 Å². The van der Waals surface area contributed by atoms with Crippen molar-refractivity contribution in [3.8, 4) is 0 Å². The number of nitrogens with zero attached hydrogens (tertiary/aromatic N) is 5. The van der Waals surface area contributed by atoms with Gasteiger partial charge in [0, 0.05) is 61.8 Å². The summed E-state index contributed by atoms with van der Waals surface area (Å²) in [5, 5.41) is 0. The topological polar surface area (TPSA) is 81.0 Å². The Morgan fingerprint density at radius 2 is 1.83 bits per heavy atom. The molecular formula is C23H23N5O2. The average Bonchev–Trinajstić information content (AvgIpc) is 3.51. The molecule has 2 unspecified atom stereocenters. The number of aryl methyl sites for hydroxylation is 1. The maximum absolute atomic E-state index is 13.1. The van der Waals surface area contributed by atoms with Crippen molar-refractivity contribution in [3.05, 3.63) is 53.9 Å². The average molecular weight is 401 g/mol. The molecule has 3 aromatic rings. The van der Waals surface area contributed by atoms with E-state index in [1.165, 1.54) is 0 Å². The van der Waals surface area contributed by atoms with Crippen LogP contribution in [0.3, 0.4) is 0 Å². The molecular weight excluding hydrogens is 378 g/mol. The first kappa shape index (κ1) is 17.7. The third-order valence-electron chi connectivity index (χ3n) is 6.86. The number of Topliss-reactive ketones (excluding diaryl/α,β-unsaturated/α-hetero) is 1. The molecule has 4 heterocycles. The molecule has 0 spiro atoms. The number of ketones is 1. The van der Waals surface area contributed by atoms with Gasteiger partial charge in [-0.2, -0.15) is 0 Å². The van der Waals surface area contributed by atoms with Crippen LogP contribution < -0.4 is 0 Å². The predicted octanol–water partition coefficient (Wildman–Crippen LogP) is 2.92. The summed E-state index contributed by atoms with van der Waals surface area (Å²) in [4.78, 5) is 41.0. The molecule has 0 radical (unpaired) electrons. The van der Waals surface area contributed by atoms with Crippen LogP contribution in [-0.2, 0) is 11.3 Å². The Morgan fingerprint density at radius 1 is 1.03 bits per heavy atom. The zero-order valence-corrected chi connectivity index (χ0v) is 16.7. The van der Waals surface area contributed by atoms with Crippen molar-refractivity contribution in [2.45, 2.75) is 44.1 Å². The standard InChI is InChI=1S/C23H23N5O2/c29-19-7-12-28-20-15(19)3-1-4-18(20)26-22(28)16-13-17(16)23(30)27-10-5-14(6-11-27)21-24-8-2-9-25-21/h1-4,8-9,14,16-17H,5-7,10-13H2. The van der Waals surface area contributed by atoms with E-state index < -0.39 is 0 Å². The van der Waals surface area contributed by atoms with Gasteiger partial charge in [-0.3, -0.25) is 9.59 Å². The molecule has 1 aliphatic carbocycles. The van der Waals surface area contributed by atoms with E-state index in [1.54, 1.807) is 12.4 Å². The molecule has 6 rings (SSSR count). The fourth-order valence-corrected chi connectivity index (χ4v) is 5.15. The van der Waals surface area contributed by atoms with Gasteiger partial charge < -0.3 is 9.47 Å². The highest BCUT2D eigenvalue weighted by Crippen LogP contribution is 2.49. The summed E-state index contributed by atoms with van der Waals surface area (Å²) in [6.07, 6.45) is 6.76. The maximum Gasteiger partial charge on any atom is 0.226 e. The smallest absolute Gasteiger partial charge is 0.226 e. The number of benzene rings is 1. The SMILES string of the molecule is O=C1CCn2c(C3CC3C(=O)N3CCC(c4ncccn4)CC3)nc3cccc1c32. The highest BCUT2D eigenvalue weighted by molar-refractivity contribution is 6.07. The van der Waals surface area contributed by atoms with Gasteiger partial charge in [0.2, 0.25) is 5.91 Å². The Kier molecular flexibility index (Phi) is 3.97. The number of amides is 1. The molecule has 152 valence electrons. The molecule has 3 aliphatic rings. The first-order valence-electron chi connectivity index (χ1n) is 10.8. The van der Waals surface area contributed by atoms with E-state index in [-0.39, 0.29) is 23.5 Å². The molecule has 7 heteroatoms. The van der Waals surface area contributed by atoms with Crippen molar-refractivity contribution in [2.75, 3.05) is 13.1 Å². The number of likely N-dealkylation sites (tertiary alicyclic amines) is 1. The lowest BCUT2D eigenvalue weighted by Crippen LogP contribution is -2.39. The number of carbonyl (C=O) groups excluding carboxylic acids is 2. The molecule has 30 heavy (non-hydrogen) atoms. The Labute approximate surface area is 174 Å². The van der Waals surface area contributed by atoms with E-state index >= 15 is 0 Å². The van der Waals surface area contributed by atoms with Crippen LogP contribution in [0.1, 0.15) is 59.5 Å². The number of para-hydroxylation sites is 1. The Bertz CT molecular complexity index is 1150. The lowest BCUT2D eigenvalue weighted by atomic mass is 9.95. The van der Waals surface area contributed by atoms with Crippen LogP contribution in [0.2, 0.25) is 0 Å². The fourth-order valence-electron chi connectivity index (χ4n) is 5.15. The van der Waals surface area contributed by atoms with Crippen molar-refractivity contribution in [1.29, 1.82) is 0 Å². The van der Waals surface area contributed by atoms with Gasteiger partial charge in [0.15, 0.2) is 5.78 Å². The second kappa shape index (κ2) is 6.72. The number of piperidine rings is 1. The van der Waals surface area contributed by atoms with Gasteiger partial charge in [0.05, 0.1) is 11.0 Å². The molecule has 1 saturated carbocycles. The molecule has 0 bridgehead atoms. The Morgan fingerprint density at radius 3 is 2.63 bits per heavy atom. The minimum absolute atomic E-state index is 0.0173. The maximum atomic E-state index is 13.1. The van der Waals surface area contributed by atoms with Gasteiger partial charge in [-0.25, -0.2) is 15.0 Å². The number of hydrogen-bond donors (Lipinski definition) is 0. The third kappa shape index (κ3) is 2.75. The van der Waals surface area contributed by atoms with Crippen LogP contribution in [0.25, 0.3) is 11.0 Å². The quantitative estimate of drug-likeness (QED) is 0.674. The first-order valence-corrected chi connectivity index (χ1v) is 10.8. The lowest BCUT2D eigenvalue weighted by Gasteiger charge is -2.31. The zero-order chi connectivity index (χ0) is 20.2. The summed E-state index contributed by atoms with van der Waals surface area (Å²) < 4.78 is 2.18. The van der Waals surface area contributed by atoms with Crippen molar-refractivity contribution in [2.24, 2.45) is 5.92 Å². The van der Waals surface area contributed by atoms with Crippen LogP contribution in [0.15, 0.2) is 36.7 Å². The van der Waals surface area contributed by atoms with Crippen LogP contribution >= 0.6 is 0 Å². The zero-order valence-electron chi connectivity index (χ0n) is 16.7. The van der Waals surface area contributed by atoms with E-state index in [0.29, 0.717) is 18.9 Å². The molecule has 2 aromatic heterocycles. The Balaban J connectivity index is 1.18. The molecule has 2 fully saturated rings. The molecule has 7 nitrogen and oxygen atoms in total. The van der Waals surface area contributed by atoms with Gasteiger partial charge in [0.25, 0.3) is 0 Å². The molecule has 1 amide bonds. The normalized spacial score (nSPS) is 23.7. The second-order valence-electron chi connectivity index (χ2n) is 8.62.